The topological polar surface area (TPSA) is 9.23 Å². The molecule has 0 aliphatic rings. The van der Waals surface area contributed by atoms with Crippen molar-refractivity contribution in [2.24, 2.45) is 0 Å². The quantitative estimate of drug-likeness (QED) is 0.656. The minimum absolute atomic E-state index is 0.657. The molecule has 0 bridgehead atoms. The summed E-state index contributed by atoms with van der Waals surface area (Å²) < 4.78 is 4.77. The Balaban J connectivity index is 3.08. The first-order valence-corrected chi connectivity index (χ1v) is 7.18. The van der Waals surface area contributed by atoms with Crippen LogP contribution < -0.4 is 0 Å². The van der Waals surface area contributed by atoms with E-state index in [0.717, 1.165) is 0 Å². The van der Waals surface area contributed by atoms with Gasteiger partial charge in [0.25, 0.3) is 0 Å². The average Bonchev–Trinajstić information content (AvgIpc) is 1.61. The van der Waals surface area contributed by atoms with Crippen molar-refractivity contribution in [2.75, 3.05) is 6.61 Å². The molecule has 0 amide bonds. The fraction of sp³-hybridized carbons (Fsp3) is 0.667. The average molecular weight is 230 g/mol. The van der Waals surface area contributed by atoms with Crippen molar-refractivity contribution < 1.29 is 18.3 Å². The van der Waals surface area contributed by atoms with Crippen LogP contribution >= 0.6 is 19.4 Å². The first kappa shape index (κ1) is 8.03. The number of ether oxygens (including phenoxy) is 1. The molecule has 0 unspecified atom stereocenters. The van der Waals surface area contributed by atoms with E-state index in [1.807, 2.05) is 6.92 Å². The Labute approximate surface area is 56.1 Å². The molecule has 46 valence electrons. The Bertz CT molecular complexity index is 69.3. The van der Waals surface area contributed by atoms with Gasteiger partial charge in [-0.15, -0.1) is 0 Å². The second-order valence-electron chi connectivity index (χ2n) is 0.743. The molecular formula is C3H6Cl2ORu. The van der Waals surface area contributed by atoms with Crippen LogP contribution in [0, 0.1) is 0 Å². The molecule has 0 fully saturated rings. The number of rotatable bonds is 2. The molecule has 0 aliphatic heterocycles. The zero-order valence-electron chi connectivity index (χ0n) is 3.80. The van der Waals surface area contributed by atoms with Crippen molar-refractivity contribution in [3.05, 3.63) is 0 Å². The van der Waals surface area contributed by atoms with Crippen LogP contribution in [0.25, 0.3) is 0 Å². The third-order valence-corrected chi connectivity index (χ3v) is 1.63. The molecule has 0 N–H and O–H groups in total. The van der Waals surface area contributed by atoms with Gasteiger partial charge in [-0.2, -0.15) is 0 Å². The van der Waals surface area contributed by atoms with E-state index >= 15 is 0 Å². The standard InChI is InChI=1S/C3H6O.2ClH.Ru/c1-3-4-2;;;/h2H,3H2,1H3;2*1H;/q;;;+2/p-2. The molecule has 0 radical (unpaired) electrons. The van der Waals surface area contributed by atoms with Crippen LogP contribution in [0.15, 0.2) is 0 Å². The van der Waals surface area contributed by atoms with Gasteiger partial charge in [0.2, 0.25) is 0 Å². The van der Waals surface area contributed by atoms with Crippen LogP contribution in [0.4, 0.5) is 0 Å². The van der Waals surface area contributed by atoms with Crippen molar-refractivity contribution >= 4 is 24.2 Å². The van der Waals surface area contributed by atoms with Gasteiger partial charge in [0.15, 0.2) is 0 Å². The SMILES string of the molecule is CCO[CH]=[Ru]([Cl])[Cl]. The second kappa shape index (κ2) is 5.18. The van der Waals surface area contributed by atoms with E-state index in [1.165, 1.54) is 4.80 Å². The summed E-state index contributed by atoms with van der Waals surface area (Å²) in [5.41, 5.74) is 0. The molecule has 0 aromatic carbocycles. The molecule has 0 saturated carbocycles. The maximum absolute atomic E-state index is 5.38. The van der Waals surface area contributed by atoms with E-state index in [9.17, 15) is 0 Å². The van der Waals surface area contributed by atoms with E-state index in [1.54, 1.807) is 0 Å². The summed E-state index contributed by atoms with van der Waals surface area (Å²) in [4.78, 5) is 1.52. The molecular weight excluding hydrogens is 224 g/mol. The Hall–Kier alpha value is 1.03. The molecule has 0 aromatic rings. The first-order valence-electron chi connectivity index (χ1n) is 1.70. The van der Waals surface area contributed by atoms with Crippen LogP contribution in [-0.4, -0.2) is 11.4 Å². The Morgan fingerprint density at radius 1 is 1.71 bits per heavy atom. The molecule has 0 aliphatic carbocycles. The molecule has 0 saturated heterocycles. The summed E-state index contributed by atoms with van der Waals surface area (Å²) >= 11 is -1.63. The minimum atomic E-state index is -1.63. The molecule has 4 heteroatoms. The molecule has 0 atom stereocenters. The molecule has 7 heavy (non-hydrogen) atoms. The van der Waals surface area contributed by atoms with Gasteiger partial charge < -0.3 is 0 Å². The van der Waals surface area contributed by atoms with Gasteiger partial charge in [0.1, 0.15) is 0 Å². The van der Waals surface area contributed by atoms with Gasteiger partial charge in [-0.25, -0.2) is 0 Å². The van der Waals surface area contributed by atoms with Crippen molar-refractivity contribution in [3.63, 3.8) is 0 Å². The molecule has 0 aromatic heterocycles. The van der Waals surface area contributed by atoms with E-state index in [0.29, 0.717) is 6.61 Å². The van der Waals surface area contributed by atoms with Crippen LogP contribution in [0.5, 0.6) is 0 Å². The Morgan fingerprint density at radius 2 is 2.29 bits per heavy atom. The second-order valence-corrected chi connectivity index (χ2v) is 6.38. The Kier molecular flexibility index (Phi) is 5.94. The van der Waals surface area contributed by atoms with E-state index < -0.39 is 13.5 Å². The molecule has 0 heterocycles. The van der Waals surface area contributed by atoms with Crippen LogP contribution in [0.1, 0.15) is 6.92 Å². The summed E-state index contributed by atoms with van der Waals surface area (Å²) in [6.07, 6.45) is 0. The van der Waals surface area contributed by atoms with Crippen molar-refractivity contribution in [1.29, 1.82) is 0 Å². The molecule has 1 nitrogen and oxygen atoms in total. The van der Waals surface area contributed by atoms with Crippen molar-refractivity contribution in [3.8, 4) is 0 Å². The fourth-order valence-corrected chi connectivity index (χ4v) is 1.14. The monoisotopic (exact) mass is 230 g/mol. The molecule has 0 rings (SSSR count). The van der Waals surface area contributed by atoms with E-state index in [2.05, 4.69) is 0 Å². The summed E-state index contributed by atoms with van der Waals surface area (Å²) in [7, 11) is 10.8. The molecule has 0 spiro atoms. The van der Waals surface area contributed by atoms with E-state index in [-0.39, 0.29) is 0 Å². The van der Waals surface area contributed by atoms with Crippen LogP contribution in [-0.2, 0) is 18.3 Å². The van der Waals surface area contributed by atoms with Gasteiger partial charge in [0.05, 0.1) is 0 Å². The zero-order valence-corrected chi connectivity index (χ0v) is 7.05. The van der Waals surface area contributed by atoms with Crippen molar-refractivity contribution in [2.45, 2.75) is 6.92 Å². The van der Waals surface area contributed by atoms with Crippen molar-refractivity contribution in [1.82, 2.24) is 0 Å². The summed E-state index contributed by atoms with van der Waals surface area (Å²) in [6.45, 7) is 2.55. The summed E-state index contributed by atoms with van der Waals surface area (Å²) in [5, 5.41) is 0. The first-order chi connectivity index (χ1) is 3.27. The zero-order chi connectivity index (χ0) is 5.70. The number of halogens is 2. The van der Waals surface area contributed by atoms with Gasteiger partial charge in [-0.05, 0) is 0 Å². The predicted molar refractivity (Wildman–Crippen MR) is 29.4 cm³/mol. The third-order valence-electron chi connectivity index (χ3n) is 0.289. The maximum atomic E-state index is 5.38. The van der Waals surface area contributed by atoms with Gasteiger partial charge in [-0.1, -0.05) is 0 Å². The fourth-order valence-electron chi connectivity index (χ4n) is 0.103. The van der Waals surface area contributed by atoms with Gasteiger partial charge in [0, 0.05) is 0 Å². The number of hydrogen-bond donors (Lipinski definition) is 0. The third kappa shape index (κ3) is 7.03. The predicted octanol–water partition coefficient (Wildman–Crippen LogP) is 1.71. The van der Waals surface area contributed by atoms with Crippen LogP contribution in [0.2, 0.25) is 0 Å². The Morgan fingerprint density at radius 3 is 2.43 bits per heavy atom. The van der Waals surface area contributed by atoms with Crippen LogP contribution in [0.3, 0.4) is 0 Å². The normalized spacial score (nSPS) is 11.0. The number of hydrogen-bond acceptors (Lipinski definition) is 1. The van der Waals surface area contributed by atoms with Gasteiger partial charge >= 0.3 is 56.0 Å². The summed E-state index contributed by atoms with van der Waals surface area (Å²) in [5.74, 6) is 0. The summed E-state index contributed by atoms with van der Waals surface area (Å²) in [6, 6.07) is 0. The van der Waals surface area contributed by atoms with Gasteiger partial charge in [-0.3, -0.25) is 0 Å². The van der Waals surface area contributed by atoms with E-state index in [4.69, 9.17) is 24.1 Å².